The fraction of sp³-hybridized carbons (Fsp3) is 0.278. The topological polar surface area (TPSA) is 35.8 Å². The Hall–Kier alpha value is -2.29. The minimum atomic E-state index is 0.796. The van der Waals surface area contributed by atoms with Crippen LogP contribution in [0.15, 0.2) is 59.8 Å². The van der Waals surface area contributed by atoms with E-state index in [1.54, 1.807) is 0 Å². The van der Waals surface area contributed by atoms with Crippen LogP contribution >= 0.6 is 0 Å². The van der Waals surface area contributed by atoms with Crippen LogP contribution < -0.4 is 4.90 Å². The fourth-order valence-electron chi connectivity index (χ4n) is 2.94. The van der Waals surface area contributed by atoms with Gasteiger partial charge in [0.2, 0.25) is 0 Å². The molecule has 3 rings (SSSR count). The minimum absolute atomic E-state index is 0.796. The summed E-state index contributed by atoms with van der Waals surface area (Å²) in [4.78, 5) is 2.40. The number of benzene rings is 2. The van der Waals surface area contributed by atoms with E-state index in [1.165, 1.54) is 11.3 Å². The molecule has 1 aliphatic rings. The second kappa shape index (κ2) is 6.44. The number of anilines is 1. The molecule has 108 valence electrons. The normalized spacial score (nSPS) is 16.0. The van der Waals surface area contributed by atoms with E-state index in [0.717, 1.165) is 43.6 Å². The molecule has 0 aromatic heterocycles. The monoisotopic (exact) mass is 280 g/mol. The summed E-state index contributed by atoms with van der Waals surface area (Å²) in [7, 11) is 0. The van der Waals surface area contributed by atoms with Crippen molar-refractivity contribution in [3.05, 3.63) is 65.7 Å². The summed E-state index contributed by atoms with van der Waals surface area (Å²) < 4.78 is 0. The highest BCUT2D eigenvalue weighted by atomic mass is 16.4. The van der Waals surface area contributed by atoms with E-state index in [-0.39, 0.29) is 0 Å². The number of fused-ring (bicyclic) bond motifs is 1. The third-order valence-corrected chi connectivity index (χ3v) is 4.03. The van der Waals surface area contributed by atoms with Gasteiger partial charge in [0.15, 0.2) is 0 Å². The van der Waals surface area contributed by atoms with Gasteiger partial charge in [0.25, 0.3) is 0 Å². The Bertz CT molecular complexity index is 622. The first-order chi connectivity index (χ1) is 10.4. The van der Waals surface area contributed by atoms with Crippen molar-refractivity contribution in [1.29, 1.82) is 0 Å². The number of rotatable bonds is 4. The summed E-state index contributed by atoms with van der Waals surface area (Å²) in [5.74, 6) is 0. The van der Waals surface area contributed by atoms with E-state index < -0.39 is 0 Å². The lowest BCUT2D eigenvalue weighted by atomic mass is 9.99. The summed E-state index contributed by atoms with van der Waals surface area (Å²) in [5.41, 5.74) is 4.43. The van der Waals surface area contributed by atoms with E-state index in [1.807, 2.05) is 18.2 Å². The quantitative estimate of drug-likeness (QED) is 0.684. The van der Waals surface area contributed by atoms with Crippen LogP contribution in [0.5, 0.6) is 0 Å². The summed E-state index contributed by atoms with van der Waals surface area (Å²) in [5, 5.41) is 12.6. The minimum Gasteiger partial charge on any atom is -0.411 e. The molecule has 2 aromatic rings. The van der Waals surface area contributed by atoms with Crippen molar-refractivity contribution in [3.8, 4) is 0 Å². The van der Waals surface area contributed by atoms with Crippen LogP contribution in [0.3, 0.4) is 0 Å². The molecular formula is C18H20N2O. The predicted molar refractivity (Wildman–Crippen MR) is 86.4 cm³/mol. The summed E-state index contributed by atoms with van der Waals surface area (Å²) in [6, 6.07) is 18.8. The zero-order valence-corrected chi connectivity index (χ0v) is 12.1. The Morgan fingerprint density at radius 3 is 2.57 bits per heavy atom. The van der Waals surface area contributed by atoms with Gasteiger partial charge in [-0.1, -0.05) is 53.7 Å². The number of oxime groups is 1. The Kier molecular flexibility index (Phi) is 4.20. The second-order valence-electron chi connectivity index (χ2n) is 5.39. The standard InChI is InChI=1S/C18H20N2O/c21-19-17-12-14-20(18-11-5-4-10-16(17)18)13-6-9-15-7-2-1-3-8-15/h1-5,7-8,10-11,21H,6,9,12-14H2. The van der Waals surface area contributed by atoms with Gasteiger partial charge in [0.1, 0.15) is 0 Å². The molecule has 2 aromatic carbocycles. The molecule has 0 aliphatic carbocycles. The van der Waals surface area contributed by atoms with Gasteiger partial charge in [-0.15, -0.1) is 0 Å². The smallest absolute Gasteiger partial charge is 0.0906 e. The van der Waals surface area contributed by atoms with Gasteiger partial charge in [-0.25, -0.2) is 0 Å². The molecule has 1 aliphatic heterocycles. The second-order valence-corrected chi connectivity index (χ2v) is 5.39. The third-order valence-electron chi connectivity index (χ3n) is 4.03. The molecule has 1 N–H and O–H groups in total. The van der Waals surface area contributed by atoms with Gasteiger partial charge in [0, 0.05) is 30.8 Å². The first-order valence-electron chi connectivity index (χ1n) is 7.47. The maximum absolute atomic E-state index is 9.12. The summed E-state index contributed by atoms with van der Waals surface area (Å²) in [6.45, 7) is 1.95. The Labute approximate surface area is 125 Å². The molecule has 0 unspecified atom stereocenters. The number of nitrogens with zero attached hydrogens (tertiary/aromatic N) is 2. The number of para-hydroxylation sites is 1. The lowest BCUT2D eigenvalue weighted by Gasteiger charge is -2.31. The van der Waals surface area contributed by atoms with Crippen LogP contribution in [0.1, 0.15) is 24.0 Å². The SMILES string of the molecule is ON=C1CCN(CCCc2ccccc2)c2ccccc21. The lowest BCUT2D eigenvalue weighted by molar-refractivity contribution is 0.317. The highest BCUT2D eigenvalue weighted by Crippen LogP contribution is 2.27. The zero-order valence-electron chi connectivity index (χ0n) is 12.1. The molecule has 0 saturated heterocycles. The number of hydrogen-bond acceptors (Lipinski definition) is 3. The van der Waals surface area contributed by atoms with Crippen LogP contribution in [0, 0.1) is 0 Å². The summed E-state index contributed by atoms with van der Waals surface area (Å²) >= 11 is 0. The Morgan fingerprint density at radius 1 is 1.00 bits per heavy atom. The highest BCUT2D eigenvalue weighted by molar-refractivity contribution is 6.06. The van der Waals surface area contributed by atoms with E-state index >= 15 is 0 Å². The van der Waals surface area contributed by atoms with Gasteiger partial charge in [-0.3, -0.25) is 0 Å². The first kappa shape index (κ1) is 13.7. The molecule has 0 spiro atoms. The average molecular weight is 280 g/mol. The molecule has 3 heteroatoms. The van der Waals surface area contributed by atoms with E-state index in [0.29, 0.717) is 0 Å². The molecule has 21 heavy (non-hydrogen) atoms. The van der Waals surface area contributed by atoms with Crippen LogP contribution in [0.2, 0.25) is 0 Å². The van der Waals surface area contributed by atoms with Gasteiger partial charge >= 0.3 is 0 Å². The third kappa shape index (κ3) is 3.07. The highest BCUT2D eigenvalue weighted by Gasteiger charge is 2.21. The fourth-order valence-corrected chi connectivity index (χ4v) is 2.94. The van der Waals surface area contributed by atoms with Crippen molar-refractivity contribution in [2.75, 3.05) is 18.0 Å². The first-order valence-corrected chi connectivity index (χ1v) is 7.47. The molecule has 0 bridgehead atoms. The predicted octanol–water partition coefficient (Wildman–Crippen LogP) is 3.71. The van der Waals surface area contributed by atoms with Crippen LogP contribution in [-0.4, -0.2) is 24.0 Å². The van der Waals surface area contributed by atoms with Crippen molar-refractivity contribution >= 4 is 11.4 Å². The van der Waals surface area contributed by atoms with Crippen molar-refractivity contribution < 1.29 is 5.21 Å². The number of hydrogen-bond donors (Lipinski definition) is 1. The van der Waals surface area contributed by atoms with E-state index in [9.17, 15) is 0 Å². The van der Waals surface area contributed by atoms with Crippen LogP contribution in [-0.2, 0) is 6.42 Å². The molecule has 0 amide bonds. The van der Waals surface area contributed by atoms with Crippen LogP contribution in [0.25, 0.3) is 0 Å². The van der Waals surface area contributed by atoms with Crippen molar-refractivity contribution in [1.82, 2.24) is 0 Å². The van der Waals surface area contributed by atoms with E-state index in [2.05, 4.69) is 46.5 Å². The van der Waals surface area contributed by atoms with E-state index in [4.69, 9.17) is 5.21 Å². The van der Waals surface area contributed by atoms with Gasteiger partial charge < -0.3 is 10.1 Å². The molecular weight excluding hydrogens is 260 g/mol. The van der Waals surface area contributed by atoms with Gasteiger partial charge in [-0.05, 0) is 24.5 Å². The molecule has 0 radical (unpaired) electrons. The number of aryl methyl sites for hydroxylation is 1. The molecule has 0 fully saturated rings. The molecule has 1 heterocycles. The largest absolute Gasteiger partial charge is 0.411 e. The average Bonchev–Trinajstić information content (AvgIpc) is 2.56. The molecule has 3 nitrogen and oxygen atoms in total. The maximum atomic E-state index is 9.12. The van der Waals surface area contributed by atoms with Crippen molar-refractivity contribution in [3.63, 3.8) is 0 Å². The Balaban J connectivity index is 1.67. The van der Waals surface area contributed by atoms with Crippen molar-refractivity contribution in [2.24, 2.45) is 5.16 Å². The van der Waals surface area contributed by atoms with Gasteiger partial charge in [-0.2, -0.15) is 0 Å². The summed E-state index contributed by atoms with van der Waals surface area (Å²) in [6.07, 6.45) is 3.03. The molecule has 0 saturated carbocycles. The van der Waals surface area contributed by atoms with Gasteiger partial charge in [0.05, 0.1) is 5.71 Å². The van der Waals surface area contributed by atoms with Crippen molar-refractivity contribution in [2.45, 2.75) is 19.3 Å². The maximum Gasteiger partial charge on any atom is 0.0906 e. The van der Waals surface area contributed by atoms with Crippen LogP contribution in [0.4, 0.5) is 5.69 Å². The Morgan fingerprint density at radius 2 is 1.76 bits per heavy atom. The zero-order chi connectivity index (χ0) is 14.5. The molecule has 0 atom stereocenters. The lowest BCUT2D eigenvalue weighted by Crippen LogP contribution is -2.33.